The van der Waals surface area contributed by atoms with E-state index >= 15 is 0 Å². The highest BCUT2D eigenvalue weighted by molar-refractivity contribution is 4.82. The molecule has 0 aliphatic heterocycles. The van der Waals surface area contributed by atoms with E-state index < -0.39 is 0 Å². The zero-order chi connectivity index (χ0) is 11.5. The van der Waals surface area contributed by atoms with E-state index in [1.807, 2.05) is 0 Å². The summed E-state index contributed by atoms with van der Waals surface area (Å²) in [5, 5.41) is 3.65. The smallest absolute Gasteiger partial charge is 0.00682 e. The molecule has 2 fully saturated rings. The van der Waals surface area contributed by atoms with Gasteiger partial charge in [0.25, 0.3) is 0 Å². The van der Waals surface area contributed by atoms with Gasteiger partial charge in [-0.2, -0.15) is 0 Å². The molecule has 0 saturated heterocycles. The first-order valence-corrected chi connectivity index (χ1v) is 7.40. The van der Waals surface area contributed by atoms with Crippen molar-refractivity contribution in [2.24, 2.45) is 23.7 Å². The van der Waals surface area contributed by atoms with Crippen molar-refractivity contribution in [1.82, 2.24) is 5.32 Å². The fraction of sp³-hybridized carbons (Fsp3) is 1.00. The monoisotopic (exact) mass is 223 g/mol. The molecular weight excluding hydrogens is 194 g/mol. The van der Waals surface area contributed by atoms with E-state index in [0.29, 0.717) is 0 Å². The largest absolute Gasteiger partial charge is 0.314 e. The molecule has 2 rings (SSSR count). The van der Waals surface area contributed by atoms with Gasteiger partial charge in [0, 0.05) is 6.04 Å². The van der Waals surface area contributed by atoms with Gasteiger partial charge in [-0.25, -0.2) is 0 Å². The predicted molar refractivity (Wildman–Crippen MR) is 70.5 cm³/mol. The van der Waals surface area contributed by atoms with Crippen LogP contribution in [0.25, 0.3) is 0 Å². The number of rotatable bonds is 5. The summed E-state index contributed by atoms with van der Waals surface area (Å²) in [6.45, 7) is 8.61. The van der Waals surface area contributed by atoms with E-state index in [1.54, 1.807) is 0 Å². The highest BCUT2D eigenvalue weighted by Crippen LogP contribution is 2.37. The summed E-state index contributed by atoms with van der Waals surface area (Å²) < 4.78 is 0. The van der Waals surface area contributed by atoms with Gasteiger partial charge in [-0.1, -0.05) is 27.2 Å². The second kappa shape index (κ2) is 5.53. The molecule has 2 saturated carbocycles. The van der Waals surface area contributed by atoms with E-state index in [9.17, 15) is 0 Å². The molecule has 4 atom stereocenters. The average molecular weight is 223 g/mol. The van der Waals surface area contributed by atoms with Crippen LogP contribution in [0.2, 0.25) is 0 Å². The summed E-state index contributed by atoms with van der Waals surface area (Å²) in [6.07, 6.45) is 8.66. The Bertz CT molecular complexity index is 209. The highest BCUT2D eigenvalue weighted by Gasteiger charge is 2.28. The maximum atomic E-state index is 3.65. The topological polar surface area (TPSA) is 12.0 Å². The molecule has 1 nitrogen and oxygen atoms in total. The van der Waals surface area contributed by atoms with Gasteiger partial charge in [-0.3, -0.25) is 0 Å². The van der Waals surface area contributed by atoms with Crippen LogP contribution in [0.4, 0.5) is 0 Å². The minimum absolute atomic E-state index is 0.887. The third kappa shape index (κ3) is 3.48. The van der Waals surface area contributed by atoms with Gasteiger partial charge in [-0.05, 0) is 62.3 Å². The lowest BCUT2D eigenvalue weighted by molar-refractivity contribution is 0.158. The van der Waals surface area contributed by atoms with Gasteiger partial charge in [0.1, 0.15) is 0 Å². The normalized spacial score (nSPS) is 37.3. The molecule has 0 spiro atoms. The van der Waals surface area contributed by atoms with Gasteiger partial charge < -0.3 is 5.32 Å². The van der Waals surface area contributed by atoms with Gasteiger partial charge in [0.2, 0.25) is 0 Å². The standard InChI is InChI=1S/C15H29N/c1-11-4-5-14(10-13(11)3)12(2)8-9-16-15-6-7-15/h11-16H,4-10H2,1-3H3. The lowest BCUT2D eigenvalue weighted by Crippen LogP contribution is -2.27. The van der Waals surface area contributed by atoms with E-state index in [4.69, 9.17) is 0 Å². The molecular formula is C15H29N. The van der Waals surface area contributed by atoms with Crippen LogP contribution >= 0.6 is 0 Å². The molecule has 2 aliphatic rings. The Morgan fingerprint density at radius 2 is 1.81 bits per heavy atom. The van der Waals surface area contributed by atoms with Crippen LogP contribution in [0.5, 0.6) is 0 Å². The fourth-order valence-electron chi connectivity index (χ4n) is 3.14. The first-order chi connectivity index (χ1) is 7.66. The molecule has 0 aromatic heterocycles. The van der Waals surface area contributed by atoms with Crippen LogP contribution in [0.1, 0.15) is 59.3 Å². The summed E-state index contributed by atoms with van der Waals surface area (Å²) in [6, 6.07) is 0.887. The van der Waals surface area contributed by atoms with Crippen LogP contribution in [0, 0.1) is 23.7 Å². The Morgan fingerprint density at radius 1 is 1.06 bits per heavy atom. The van der Waals surface area contributed by atoms with Gasteiger partial charge in [-0.15, -0.1) is 0 Å². The lowest BCUT2D eigenvalue weighted by Gasteiger charge is -2.35. The first kappa shape index (κ1) is 12.4. The van der Waals surface area contributed by atoms with Crippen molar-refractivity contribution in [3.8, 4) is 0 Å². The van der Waals surface area contributed by atoms with Crippen LogP contribution in [0.15, 0.2) is 0 Å². The Labute approximate surface area is 101 Å². The lowest BCUT2D eigenvalue weighted by atomic mass is 9.71. The highest BCUT2D eigenvalue weighted by atomic mass is 14.9. The number of nitrogens with one attached hydrogen (secondary N) is 1. The van der Waals surface area contributed by atoms with Crippen LogP contribution in [0.3, 0.4) is 0 Å². The second-order valence-electron chi connectivity index (χ2n) is 6.52. The zero-order valence-electron chi connectivity index (χ0n) is 11.3. The molecule has 94 valence electrons. The minimum atomic E-state index is 0.887. The van der Waals surface area contributed by atoms with Crippen molar-refractivity contribution in [2.75, 3.05) is 6.54 Å². The zero-order valence-corrected chi connectivity index (χ0v) is 11.3. The minimum Gasteiger partial charge on any atom is -0.314 e. The molecule has 0 amide bonds. The first-order valence-electron chi connectivity index (χ1n) is 7.40. The molecule has 2 aliphatic carbocycles. The van der Waals surface area contributed by atoms with Crippen molar-refractivity contribution in [1.29, 1.82) is 0 Å². The van der Waals surface area contributed by atoms with Gasteiger partial charge in [0.15, 0.2) is 0 Å². The SMILES string of the molecule is CC1CCC(C(C)CCNC2CC2)CC1C. The maximum Gasteiger partial charge on any atom is 0.00682 e. The fourth-order valence-corrected chi connectivity index (χ4v) is 3.14. The second-order valence-corrected chi connectivity index (χ2v) is 6.52. The van der Waals surface area contributed by atoms with Crippen molar-refractivity contribution >= 4 is 0 Å². The third-order valence-corrected chi connectivity index (χ3v) is 5.05. The number of hydrogen-bond acceptors (Lipinski definition) is 1. The molecule has 0 aromatic rings. The van der Waals surface area contributed by atoms with Crippen LogP contribution < -0.4 is 5.32 Å². The van der Waals surface area contributed by atoms with Crippen molar-refractivity contribution in [3.63, 3.8) is 0 Å². The molecule has 1 N–H and O–H groups in total. The van der Waals surface area contributed by atoms with E-state index in [-0.39, 0.29) is 0 Å². The summed E-state index contributed by atoms with van der Waals surface area (Å²) in [5.74, 6) is 3.86. The average Bonchev–Trinajstić information content (AvgIpc) is 3.06. The molecule has 4 unspecified atom stereocenters. The Hall–Kier alpha value is -0.0400. The van der Waals surface area contributed by atoms with Crippen molar-refractivity contribution in [2.45, 2.75) is 65.3 Å². The Kier molecular flexibility index (Phi) is 4.29. The molecule has 16 heavy (non-hydrogen) atoms. The molecule has 0 radical (unpaired) electrons. The molecule has 1 heteroatoms. The molecule has 0 bridgehead atoms. The summed E-state index contributed by atoms with van der Waals surface area (Å²) in [5.41, 5.74) is 0. The van der Waals surface area contributed by atoms with E-state index in [1.165, 1.54) is 45.1 Å². The van der Waals surface area contributed by atoms with Crippen LogP contribution in [-0.2, 0) is 0 Å². The summed E-state index contributed by atoms with van der Waals surface area (Å²) in [4.78, 5) is 0. The molecule has 0 heterocycles. The Balaban J connectivity index is 1.65. The van der Waals surface area contributed by atoms with E-state index in [2.05, 4.69) is 26.1 Å². The summed E-state index contributed by atoms with van der Waals surface area (Å²) >= 11 is 0. The Morgan fingerprint density at radius 3 is 2.44 bits per heavy atom. The van der Waals surface area contributed by atoms with Crippen LogP contribution in [-0.4, -0.2) is 12.6 Å². The predicted octanol–water partition coefficient (Wildman–Crippen LogP) is 3.84. The van der Waals surface area contributed by atoms with Gasteiger partial charge >= 0.3 is 0 Å². The number of hydrogen-bond donors (Lipinski definition) is 1. The molecule has 0 aromatic carbocycles. The summed E-state index contributed by atoms with van der Waals surface area (Å²) in [7, 11) is 0. The quantitative estimate of drug-likeness (QED) is 0.747. The van der Waals surface area contributed by atoms with Gasteiger partial charge in [0.05, 0.1) is 0 Å². The maximum absolute atomic E-state index is 3.65. The van der Waals surface area contributed by atoms with E-state index in [0.717, 1.165) is 29.7 Å². The third-order valence-electron chi connectivity index (χ3n) is 5.05. The van der Waals surface area contributed by atoms with Crippen molar-refractivity contribution < 1.29 is 0 Å². The van der Waals surface area contributed by atoms with Crippen molar-refractivity contribution in [3.05, 3.63) is 0 Å².